The van der Waals surface area contributed by atoms with E-state index < -0.39 is 0 Å². The molecule has 0 aromatic heterocycles. The van der Waals surface area contributed by atoms with E-state index in [1.165, 1.54) is 0 Å². The third-order valence-corrected chi connectivity index (χ3v) is 3.21. The number of nitrogens with two attached hydrogens (primary N) is 1. The highest BCUT2D eigenvalue weighted by Gasteiger charge is 2.10. The minimum Gasteiger partial charge on any atom is -0.396 e. The van der Waals surface area contributed by atoms with Gasteiger partial charge in [-0.2, -0.15) is 4.36 Å². The molecule has 0 amide bonds. The molecule has 0 fully saturated rings. The summed E-state index contributed by atoms with van der Waals surface area (Å²) >= 11 is 8.14. The Labute approximate surface area is 108 Å². The van der Waals surface area contributed by atoms with Crippen LogP contribution in [0, 0.1) is 0 Å². The zero-order chi connectivity index (χ0) is 11.5. The number of halogens is 1. The van der Waals surface area contributed by atoms with Crippen molar-refractivity contribution in [3.8, 4) is 11.1 Å². The van der Waals surface area contributed by atoms with Crippen LogP contribution in [0.3, 0.4) is 0 Å². The van der Waals surface area contributed by atoms with E-state index in [0.717, 1.165) is 15.6 Å². The van der Waals surface area contributed by atoms with Gasteiger partial charge in [0.1, 0.15) is 5.69 Å². The summed E-state index contributed by atoms with van der Waals surface area (Å²) < 4.78 is 4.65. The largest absolute Gasteiger partial charge is 0.396 e. The van der Waals surface area contributed by atoms with Crippen molar-refractivity contribution in [2.24, 2.45) is 4.36 Å². The van der Waals surface area contributed by atoms with E-state index in [2.05, 4.69) is 20.3 Å². The predicted molar refractivity (Wildman–Crippen MR) is 73.4 cm³/mol. The first-order chi connectivity index (χ1) is 7.74. The van der Waals surface area contributed by atoms with Gasteiger partial charge in [-0.05, 0) is 27.6 Å². The third kappa shape index (κ3) is 1.99. The molecule has 80 valence electrons. The van der Waals surface area contributed by atoms with Gasteiger partial charge in [-0.15, -0.1) is 0 Å². The molecule has 0 atom stereocenters. The maximum absolute atomic E-state index is 5.92. The summed E-state index contributed by atoms with van der Waals surface area (Å²) in [5, 5.41) is 0. The first-order valence-corrected chi connectivity index (χ1v) is 5.86. The average molecular weight is 293 g/mol. The Bertz CT molecular complexity index is 526. The Kier molecular flexibility index (Phi) is 3.31. The molecule has 2 aromatic carbocycles. The number of anilines is 1. The summed E-state index contributed by atoms with van der Waals surface area (Å²) in [6.45, 7) is 0. The summed E-state index contributed by atoms with van der Waals surface area (Å²) in [7, 11) is 0. The summed E-state index contributed by atoms with van der Waals surface area (Å²) in [4.78, 5) is 0. The molecule has 0 aliphatic heterocycles. The first-order valence-electron chi connectivity index (χ1n) is 4.71. The number of nitrogens with zero attached hydrogens (tertiary/aromatic N) is 1. The van der Waals surface area contributed by atoms with E-state index in [1.54, 1.807) is 0 Å². The molecule has 2 N–H and O–H groups in total. The molecule has 2 rings (SSSR count). The van der Waals surface area contributed by atoms with Crippen molar-refractivity contribution < 1.29 is 0 Å². The van der Waals surface area contributed by atoms with Gasteiger partial charge in [-0.3, -0.25) is 0 Å². The van der Waals surface area contributed by atoms with Crippen LogP contribution in [0.5, 0.6) is 0 Å². The second kappa shape index (κ2) is 4.72. The second-order valence-corrected chi connectivity index (χ2v) is 4.35. The highest BCUT2D eigenvalue weighted by atomic mass is 79.9. The van der Waals surface area contributed by atoms with Crippen LogP contribution in [0.2, 0.25) is 0 Å². The third-order valence-electron chi connectivity index (χ3n) is 2.34. The lowest BCUT2D eigenvalue weighted by atomic mass is 10.0. The summed E-state index contributed by atoms with van der Waals surface area (Å²) in [5.41, 5.74) is 9.17. The Morgan fingerprint density at radius 3 is 2.38 bits per heavy atom. The Balaban J connectivity index is 2.67. The number of nitrogen functional groups attached to an aromatic ring is 1. The van der Waals surface area contributed by atoms with Crippen LogP contribution in [-0.4, -0.2) is 0 Å². The fourth-order valence-electron chi connectivity index (χ4n) is 1.53. The zero-order valence-corrected chi connectivity index (χ0v) is 10.8. The lowest BCUT2D eigenvalue weighted by Crippen LogP contribution is -1.89. The Morgan fingerprint density at radius 1 is 1.06 bits per heavy atom. The lowest BCUT2D eigenvalue weighted by Gasteiger charge is -2.08. The summed E-state index contributed by atoms with van der Waals surface area (Å²) in [5.74, 6) is 0. The van der Waals surface area contributed by atoms with Gasteiger partial charge in [-0.25, -0.2) is 0 Å². The van der Waals surface area contributed by atoms with Crippen LogP contribution in [0.15, 0.2) is 51.3 Å². The van der Waals surface area contributed by atoms with Gasteiger partial charge in [0.2, 0.25) is 0 Å². The molecule has 0 bridgehead atoms. The van der Waals surface area contributed by atoms with Gasteiger partial charge in [0.25, 0.3) is 0 Å². The van der Waals surface area contributed by atoms with Gasteiger partial charge in [-0.1, -0.05) is 36.4 Å². The number of rotatable bonds is 2. The molecule has 2 nitrogen and oxygen atoms in total. The summed E-state index contributed by atoms with van der Waals surface area (Å²) in [6, 6.07) is 13.8. The van der Waals surface area contributed by atoms with Crippen molar-refractivity contribution in [3.05, 3.63) is 46.9 Å². The van der Waals surface area contributed by atoms with Crippen molar-refractivity contribution in [3.63, 3.8) is 0 Å². The Hall–Kier alpha value is -1.26. The molecule has 2 aromatic rings. The molecule has 0 heterocycles. The molecule has 0 spiro atoms. The molecular weight excluding hydrogens is 284 g/mol. The van der Waals surface area contributed by atoms with E-state index in [9.17, 15) is 0 Å². The average Bonchev–Trinajstić information content (AvgIpc) is 2.33. The number of benzene rings is 2. The van der Waals surface area contributed by atoms with Crippen LogP contribution in [0.25, 0.3) is 11.1 Å². The van der Waals surface area contributed by atoms with Gasteiger partial charge in [0.05, 0.1) is 5.69 Å². The molecular formula is C12H9BrN2S. The zero-order valence-electron chi connectivity index (χ0n) is 8.35. The van der Waals surface area contributed by atoms with Crippen molar-refractivity contribution in [1.29, 1.82) is 0 Å². The SMILES string of the molecule is Nc1c(Br)ccc(-c2ccccc2)c1N=S. The molecule has 16 heavy (non-hydrogen) atoms. The predicted octanol–water partition coefficient (Wildman–Crippen LogP) is 4.06. The second-order valence-electron chi connectivity index (χ2n) is 3.31. The highest BCUT2D eigenvalue weighted by molar-refractivity contribution is 9.10. The van der Waals surface area contributed by atoms with Gasteiger partial charge in [0, 0.05) is 22.5 Å². The van der Waals surface area contributed by atoms with Gasteiger partial charge < -0.3 is 5.73 Å². The molecule has 0 saturated heterocycles. The molecule has 0 aliphatic carbocycles. The maximum Gasteiger partial charge on any atom is 0.109 e. The van der Waals surface area contributed by atoms with E-state index >= 15 is 0 Å². The number of hydrogen-bond donors (Lipinski definition) is 1. The van der Waals surface area contributed by atoms with Crippen molar-refractivity contribution in [2.45, 2.75) is 0 Å². The van der Waals surface area contributed by atoms with E-state index in [0.29, 0.717) is 11.4 Å². The maximum atomic E-state index is 5.92. The smallest absolute Gasteiger partial charge is 0.109 e. The normalized spacial score (nSPS) is 10.1. The molecule has 0 saturated carbocycles. The lowest BCUT2D eigenvalue weighted by molar-refractivity contribution is 1.52. The highest BCUT2D eigenvalue weighted by Crippen LogP contribution is 2.39. The van der Waals surface area contributed by atoms with E-state index in [-0.39, 0.29) is 0 Å². The molecule has 0 unspecified atom stereocenters. The van der Waals surface area contributed by atoms with Crippen LogP contribution in [0.1, 0.15) is 0 Å². The van der Waals surface area contributed by atoms with E-state index in [4.69, 9.17) is 18.2 Å². The van der Waals surface area contributed by atoms with Crippen LogP contribution in [-0.2, 0) is 12.4 Å². The van der Waals surface area contributed by atoms with Crippen molar-refractivity contribution in [2.75, 3.05) is 5.73 Å². The van der Waals surface area contributed by atoms with Gasteiger partial charge in [0.15, 0.2) is 0 Å². The minimum absolute atomic E-state index is 0.580. The van der Waals surface area contributed by atoms with Crippen LogP contribution < -0.4 is 5.73 Å². The minimum atomic E-state index is 0.580. The fourth-order valence-corrected chi connectivity index (χ4v) is 2.05. The topological polar surface area (TPSA) is 38.4 Å². The number of hydrogen-bond acceptors (Lipinski definition) is 3. The van der Waals surface area contributed by atoms with Crippen LogP contribution in [0.4, 0.5) is 11.4 Å². The van der Waals surface area contributed by atoms with Crippen molar-refractivity contribution >= 4 is 39.7 Å². The molecule has 0 radical (unpaired) electrons. The molecule has 0 aliphatic rings. The fraction of sp³-hybridized carbons (Fsp3) is 0. The monoisotopic (exact) mass is 292 g/mol. The standard InChI is InChI=1S/C12H9BrN2S/c13-10-7-6-9(12(15-16)11(10)14)8-4-2-1-3-5-8/h1-7H,14H2. The molecule has 4 heteroatoms. The first kappa shape index (κ1) is 11.2. The quantitative estimate of drug-likeness (QED) is 0.848. The van der Waals surface area contributed by atoms with Gasteiger partial charge >= 0.3 is 0 Å². The van der Waals surface area contributed by atoms with Crippen LogP contribution >= 0.6 is 15.9 Å². The van der Waals surface area contributed by atoms with E-state index in [1.807, 2.05) is 42.5 Å². The summed E-state index contributed by atoms with van der Waals surface area (Å²) in [6.07, 6.45) is 0. The van der Waals surface area contributed by atoms with Crippen molar-refractivity contribution in [1.82, 2.24) is 0 Å². The Morgan fingerprint density at radius 2 is 1.75 bits per heavy atom.